The van der Waals surface area contributed by atoms with Crippen LogP contribution in [0.3, 0.4) is 0 Å². The van der Waals surface area contributed by atoms with Crippen molar-refractivity contribution < 1.29 is 4.42 Å². The van der Waals surface area contributed by atoms with Crippen molar-refractivity contribution in [1.29, 1.82) is 0 Å². The molecule has 0 aliphatic heterocycles. The Morgan fingerprint density at radius 2 is 1.00 bits per heavy atom. The van der Waals surface area contributed by atoms with Gasteiger partial charge in [0.15, 0.2) is 0 Å². The van der Waals surface area contributed by atoms with E-state index in [0.29, 0.717) is 0 Å². The Balaban J connectivity index is 1.10. The topological polar surface area (TPSA) is 16.4 Å². The molecule has 2 aliphatic carbocycles. The summed E-state index contributed by atoms with van der Waals surface area (Å²) in [5, 5.41) is 1.20. The summed E-state index contributed by atoms with van der Waals surface area (Å²) < 4.78 is 6.62. The van der Waals surface area contributed by atoms with Crippen molar-refractivity contribution in [3.8, 4) is 44.7 Å². The highest BCUT2D eigenvalue weighted by atomic mass is 16.3. The maximum absolute atomic E-state index is 6.62. The lowest BCUT2D eigenvalue weighted by atomic mass is 9.81. The zero-order valence-electron chi connectivity index (χ0n) is 29.9. The summed E-state index contributed by atoms with van der Waals surface area (Å²) in [6.07, 6.45) is 0. The number of fused-ring (bicyclic) bond motifs is 8. The quantitative estimate of drug-likeness (QED) is 0.181. The third-order valence-corrected chi connectivity index (χ3v) is 11.7. The predicted octanol–water partition coefficient (Wildman–Crippen LogP) is 13.8. The first-order valence-electron chi connectivity index (χ1n) is 18.3. The Morgan fingerprint density at radius 3 is 1.77 bits per heavy atom. The van der Waals surface area contributed by atoms with Crippen molar-refractivity contribution in [2.45, 2.75) is 38.5 Å². The second-order valence-corrected chi connectivity index (χ2v) is 15.4. The van der Waals surface area contributed by atoms with Crippen LogP contribution < -0.4 is 4.90 Å². The van der Waals surface area contributed by atoms with Crippen molar-refractivity contribution in [3.63, 3.8) is 0 Å². The molecule has 2 heteroatoms. The van der Waals surface area contributed by atoms with Crippen molar-refractivity contribution in [1.82, 2.24) is 0 Å². The van der Waals surface area contributed by atoms with Crippen LogP contribution in [0.4, 0.5) is 17.1 Å². The lowest BCUT2D eigenvalue weighted by molar-refractivity contribution is 0.619. The highest BCUT2D eigenvalue weighted by molar-refractivity contribution is 5.99. The molecule has 250 valence electrons. The summed E-state index contributed by atoms with van der Waals surface area (Å²) in [4.78, 5) is 2.39. The fourth-order valence-electron chi connectivity index (χ4n) is 9.05. The smallest absolute Gasteiger partial charge is 0.140 e. The first-order valence-corrected chi connectivity index (χ1v) is 18.3. The number of nitrogens with zero attached hydrogens (tertiary/aromatic N) is 1. The van der Waals surface area contributed by atoms with E-state index < -0.39 is 0 Å². The van der Waals surface area contributed by atoms with Crippen LogP contribution in [0, 0.1) is 0 Å². The summed E-state index contributed by atoms with van der Waals surface area (Å²) >= 11 is 0. The number of anilines is 3. The van der Waals surface area contributed by atoms with Gasteiger partial charge in [-0.25, -0.2) is 0 Å². The van der Waals surface area contributed by atoms with Crippen LogP contribution in [0.25, 0.3) is 55.7 Å². The molecule has 0 bridgehead atoms. The lowest BCUT2D eigenvalue weighted by Gasteiger charge is -2.27. The van der Waals surface area contributed by atoms with Gasteiger partial charge in [0, 0.05) is 44.4 Å². The van der Waals surface area contributed by atoms with Crippen molar-refractivity contribution >= 4 is 28.0 Å². The van der Waals surface area contributed by atoms with Gasteiger partial charge in [-0.05, 0) is 92.5 Å². The summed E-state index contributed by atoms with van der Waals surface area (Å²) in [5.41, 5.74) is 18.1. The molecule has 0 unspecified atom stereocenters. The maximum atomic E-state index is 6.62. The summed E-state index contributed by atoms with van der Waals surface area (Å²) in [5.74, 6) is 1.00. The molecule has 52 heavy (non-hydrogen) atoms. The minimum absolute atomic E-state index is 0.0432. The normalized spacial score (nSPS) is 14.5. The number of hydrogen-bond acceptors (Lipinski definition) is 2. The Morgan fingerprint density at radius 1 is 0.423 bits per heavy atom. The number of rotatable bonds is 5. The molecule has 0 radical (unpaired) electrons. The molecule has 0 saturated heterocycles. The second kappa shape index (κ2) is 11.2. The molecule has 7 aromatic carbocycles. The van der Waals surface area contributed by atoms with E-state index in [2.05, 4.69) is 196 Å². The van der Waals surface area contributed by atoms with Gasteiger partial charge in [-0.2, -0.15) is 0 Å². The largest absolute Gasteiger partial charge is 0.456 e. The fraction of sp³-hybridized carbons (Fsp3) is 0.120. The van der Waals surface area contributed by atoms with E-state index in [0.717, 1.165) is 28.4 Å². The Kier molecular flexibility index (Phi) is 6.60. The molecule has 2 nitrogen and oxygen atoms in total. The van der Waals surface area contributed by atoms with Gasteiger partial charge in [-0.3, -0.25) is 0 Å². The van der Waals surface area contributed by atoms with Gasteiger partial charge in [0.05, 0.1) is 0 Å². The summed E-state index contributed by atoms with van der Waals surface area (Å²) in [7, 11) is 0. The summed E-state index contributed by atoms with van der Waals surface area (Å²) in [6, 6.07) is 59.7. The van der Waals surface area contributed by atoms with E-state index in [1.54, 1.807) is 0 Å². The molecule has 0 spiro atoms. The number of para-hydroxylation sites is 1. The molecule has 0 N–H and O–H groups in total. The Bertz CT molecular complexity index is 2660. The van der Waals surface area contributed by atoms with Crippen LogP contribution in [0.15, 0.2) is 168 Å². The van der Waals surface area contributed by atoms with Gasteiger partial charge in [-0.15, -0.1) is 0 Å². The van der Waals surface area contributed by atoms with E-state index in [1.165, 1.54) is 66.6 Å². The SMILES string of the molecule is CC1(C)c2ccccc2-c2cc(N(c3ccc(-c4ccccc4)cc3)c3ccc(-c4cccc5c4-c4oc6ccccc6c4C5(C)C)cc3)ccc21. The molecule has 0 amide bonds. The van der Waals surface area contributed by atoms with Crippen LogP contribution >= 0.6 is 0 Å². The molecule has 10 rings (SSSR count). The van der Waals surface area contributed by atoms with Gasteiger partial charge < -0.3 is 9.32 Å². The van der Waals surface area contributed by atoms with E-state index in [9.17, 15) is 0 Å². The third-order valence-electron chi connectivity index (χ3n) is 11.7. The molecular weight excluding hydrogens is 631 g/mol. The average Bonchev–Trinajstić information content (AvgIpc) is 3.76. The molecule has 1 aromatic heterocycles. The summed E-state index contributed by atoms with van der Waals surface area (Å²) in [6.45, 7) is 9.32. The molecule has 0 saturated carbocycles. The van der Waals surface area contributed by atoms with Gasteiger partial charge in [-0.1, -0.05) is 149 Å². The zero-order valence-corrected chi connectivity index (χ0v) is 29.9. The molecule has 0 atom stereocenters. The highest BCUT2D eigenvalue weighted by Gasteiger charge is 2.41. The third kappa shape index (κ3) is 4.43. The standard InChI is InChI=1S/C50H39NO/c1-49(2)42-18-10-8-15-39(42)41-31-37(29-30-43(41)49)51(35-25-21-33(22-26-35)32-13-6-5-7-14-32)36-27-23-34(24-28-36)38-17-12-19-44-46(38)48-47(50(44,3)4)40-16-9-11-20-45(40)52-48/h5-31H,1-4H3. The van der Waals surface area contributed by atoms with E-state index in [-0.39, 0.29) is 10.8 Å². The fourth-order valence-corrected chi connectivity index (χ4v) is 9.05. The van der Waals surface area contributed by atoms with E-state index in [1.807, 2.05) is 0 Å². The highest BCUT2D eigenvalue weighted by Crippen LogP contribution is 2.56. The van der Waals surface area contributed by atoms with Gasteiger partial charge >= 0.3 is 0 Å². The van der Waals surface area contributed by atoms with Gasteiger partial charge in [0.1, 0.15) is 11.3 Å². The Labute approximate surface area is 305 Å². The van der Waals surface area contributed by atoms with Gasteiger partial charge in [0.2, 0.25) is 0 Å². The molecule has 1 heterocycles. The first kappa shape index (κ1) is 30.7. The minimum Gasteiger partial charge on any atom is -0.456 e. The van der Waals surface area contributed by atoms with Crippen LogP contribution in [0.5, 0.6) is 0 Å². The number of benzene rings is 7. The lowest BCUT2D eigenvalue weighted by Crippen LogP contribution is -2.15. The molecular formula is C50H39NO. The Hall–Kier alpha value is -6.12. The van der Waals surface area contributed by atoms with Gasteiger partial charge in [0.25, 0.3) is 0 Å². The number of hydrogen-bond donors (Lipinski definition) is 0. The predicted molar refractivity (Wildman–Crippen MR) is 217 cm³/mol. The van der Waals surface area contributed by atoms with Crippen molar-refractivity contribution in [2.24, 2.45) is 0 Å². The van der Waals surface area contributed by atoms with E-state index >= 15 is 0 Å². The molecule has 8 aromatic rings. The van der Waals surface area contributed by atoms with Crippen molar-refractivity contribution in [2.75, 3.05) is 4.90 Å². The first-order chi connectivity index (χ1) is 25.3. The minimum atomic E-state index is -0.156. The van der Waals surface area contributed by atoms with Crippen molar-refractivity contribution in [3.05, 3.63) is 186 Å². The monoisotopic (exact) mass is 669 g/mol. The average molecular weight is 670 g/mol. The number of furan rings is 1. The van der Waals surface area contributed by atoms with Crippen LogP contribution in [-0.4, -0.2) is 0 Å². The zero-order chi connectivity index (χ0) is 35.2. The second-order valence-electron chi connectivity index (χ2n) is 15.4. The van der Waals surface area contributed by atoms with Crippen LogP contribution in [-0.2, 0) is 10.8 Å². The molecule has 0 fully saturated rings. The van der Waals surface area contributed by atoms with Crippen LogP contribution in [0.1, 0.15) is 49.9 Å². The van der Waals surface area contributed by atoms with Crippen LogP contribution in [0.2, 0.25) is 0 Å². The maximum Gasteiger partial charge on any atom is 0.140 e. The van der Waals surface area contributed by atoms with E-state index in [4.69, 9.17) is 4.42 Å². The molecule has 2 aliphatic rings.